The number of halogens is 3. The summed E-state index contributed by atoms with van der Waals surface area (Å²) in [6.07, 6.45) is 1.54. The fourth-order valence-corrected chi connectivity index (χ4v) is 2.94. The van der Waals surface area contributed by atoms with E-state index < -0.39 is 16.5 Å². The number of aromatic nitrogens is 2. The molecule has 2 nitrogen and oxygen atoms in total. The minimum Gasteiger partial charge on any atom is -0.314 e. The molecule has 19 heavy (non-hydrogen) atoms. The third-order valence-electron chi connectivity index (χ3n) is 2.81. The third kappa shape index (κ3) is 2.28. The van der Waals surface area contributed by atoms with Crippen molar-refractivity contribution in [2.24, 2.45) is 0 Å². The minimum atomic E-state index is -4.30. The molecule has 1 unspecified atom stereocenters. The first kappa shape index (κ1) is 12.3. The number of hydrogen-bond acceptors (Lipinski definition) is 2. The van der Waals surface area contributed by atoms with Crippen LogP contribution in [0.15, 0.2) is 53.7 Å². The van der Waals surface area contributed by atoms with Crippen LogP contribution in [0.25, 0.3) is 11.0 Å². The van der Waals surface area contributed by atoms with Gasteiger partial charge in [-0.1, -0.05) is 36.0 Å². The average molecular weight is 282 g/mol. The summed E-state index contributed by atoms with van der Waals surface area (Å²) in [5, 5.41) is -0.422. The van der Waals surface area contributed by atoms with Gasteiger partial charge in [0, 0.05) is 0 Å². The number of alkyl halides is 3. The lowest BCUT2D eigenvalue weighted by Crippen LogP contribution is -2.14. The summed E-state index contributed by atoms with van der Waals surface area (Å²) >= 11 is 0.783. The predicted octanol–water partition coefficient (Wildman–Crippen LogP) is 4.28. The van der Waals surface area contributed by atoms with Gasteiger partial charge >= 0.3 is 6.18 Å². The Morgan fingerprint density at radius 1 is 1.21 bits per heavy atom. The Labute approximate surface area is 111 Å². The van der Waals surface area contributed by atoms with Crippen LogP contribution in [-0.2, 0) is 0 Å². The molecule has 1 aliphatic heterocycles. The highest BCUT2D eigenvalue weighted by molar-refractivity contribution is 8.03. The highest BCUT2D eigenvalue weighted by Gasteiger charge is 2.36. The summed E-state index contributed by atoms with van der Waals surface area (Å²) in [5.74, 6) is 0. The number of nitrogens with zero attached hydrogens (tertiary/aromatic N) is 2. The molecule has 0 saturated carbocycles. The molecule has 98 valence electrons. The van der Waals surface area contributed by atoms with Gasteiger partial charge in [-0.2, -0.15) is 13.2 Å². The Bertz CT molecular complexity index is 670. The zero-order valence-electron chi connectivity index (χ0n) is 9.63. The minimum absolute atomic E-state index is 0.422. The number of fused-ring (bicyclic) bond motifs is 1. The lowest BCUT2D eigenvalue weighted by Gasteiger charge is -2.21. The van der Waals surface area contributed by atoms with Crippen LogP contribution in [-0.4, -0.2) is 15.7 Å². The van der Waals surface area contributed by atoms with E-state index in [0.29, 0.717) is 0 Å². The molecule has 0 fully saturated rings. The molecule has 0 N–H and O–H groups in total. The predicted molar refractivity (Wildman–Crippen MR) is 69.6 cm³/mol. The average Bonchev–Trinajstić information content (AvgIpc) is 2.82. The van der Waals surface area contributed by atoms with Crippen molar-refractivity contribution in [2.45, 2.75) is 11.6 Å². The van der Waals surface area contributed by atoms with Gasteiger partial charge in [-0.05, 0) is 18.2 Å². The van der Waals surface area contributed by atoms with Gasteiger partial charge in [0.2, 0.25) is 0 Å². The summed E-state index contributed by atoms with van der Waals surface area (Å²) in [6.45, 7) is 0. The SMILES string of the molecule is FC(F)(F)C1=CC=CC(n2cnc3ccccc32)S1. The fourth-order valence-electron chi connectivity index (χ4n) is 1.94. The van der Waals surface area contributed by atoms with E-state index in [-0.39, 0.29) is 0 Å². The summed E-state index contributed by atoms with van der Waals surface area (Å²) in [5.41, 5.74) is 1.60. The van der Waals surface area contributed by atoms with E-state index in [1.54, 1.807) is 17.0 Å². The van der Waals surface area contributed by atoms with E-state index in [2.05, 4.69) is 4.98 Å². The van der Waals surface area contributed by atoms with Crippen LogP contribution in [0.4, 0.5) is 13.2 Å². The number of imidazole rings is 1. The van der Waals surface area contributed by atoms with E-state index in [1.165, 1.54) is 6.08 Å². The smallest absolute Gasteiger partial charge is 0.314 e. The molecular weight excluding hydrogens is 273 g/mol. The Kier molecular flexibility index (Phi) is 2.89. The highest BCUT2D eigenvalue weighted by atomic mass is 32.2. The molecular formula is C13H9F3N2S. The topological polar surface area (TPSA) is 17.8 Å². The van der Waals surface area contributed by atoms with Gasteiger partial charge in [0.15, 0.2) is 0 Å². The molecule has 1 aromatic carbocycles. The van der Waals surface area contributed by atoms with E-state index in [1.807, 2.05) is 24.3 Å². The molecule has 0 radical (unpaired) electrons. The Morgan fingerprint density at radius 2 is 2.00 bits per heavy atom. The van der Waals surface area contributed by atoms with E-state index in [0.717, 1.165) is 28.9 Å². The van der Waals surface area contributed by atoms with Crippen LogP contribution >= 0.6 is 11.8 Å². The molecule has 0 spiro atoms. The number of benzene rings is 1. The number of para-hydroxylation sites is 2. The maximum absolute atomic E-state index is 12.7. The molecule has 0 bridgehead atoms. The second-order valence-corrected chi connectivity index (χ2v) is 5.22. The summed E-state index contributed by atoms with van der Waals surface area (Å²) in [6, 6.07) is 7.38. The van der Waals surface area contributed by atoms with E-state index in [4.69, 9.17) is 0 Å². The van der Waals surface area contributed by atoms with Crippen LogP contribution in [0.5, 0.6) is 0 Å². The van der Waals surface area contributed by atoms with Crippen molar-refractivity contribution in [1.29, 1.82) is 0 Å². The van der Waals surface area contributed by atoms with Crippen LogP contribution in [0.3, 0.4) is 0 Å². The Balaban J connectivity index is 1.97. The standard InChI is InChI=1S/C13H9F3N2S/c14-13(15,16)11-6-3-7-12(19-11)18-8-17-9-4-1-2-5-10(9)18/h1-8,12H. The molecule has 2 heterocycles. The number of allylic oxidation sites excluding steroid dienone is 3. The molecule has 1 atom stereocenters. The molecule has 6 heteroatoms. The molecule has 1 aliphatic rings. The molecule has 2 aromatic rings. The maximum atomic E-state index is 12.7. The lowest BCUT2D eigenvalue weighted by atomic mass is 10.3. The number of thioether (sulfide) groups is 1. The molecule has 0 aliphatic carbocycles. The highest BCUT2D eigenvalue weighted by Crippen LogP contribution is 2.44. The van der Waals surface area contributed by atoms with Crippen molar-refractivity contribution >= 4 is 22.8 Å². The van der Waals surface area contributed by atoms with Crippen LogP contribution in [0, 0.1) is 0 Å². The summed E-state index contributed by atoms with van der Waals surface area (Å²) < 4.78 is 39.9. The van der Waals surface area contributed by atoms with Crippen LogP contribution < -0.4 is 0 Å². The van der Waals surface area contributed by atoms with Crippen molar-refractivity contribution in [3.8, 4) is 0 Å². The Hall–Kier alpha value is -1.69. The van der Waals surface area contributed by atoms with E-state index >= 15 is 0 Å². The zero-order chi connectivity index (χ0) is 13.5. The normalized spacial score (nSPS) is 19.7. The van der Waals surface area contributed by atoms with Gasteiger partial charge in [0.1, 0.15) is 5.37 Å². The van der Waals surface area contributed by atoms with Gasteiger partial charge in [-0.3, -0.25) is 0 Å². The number of hydrogen-bond donors (Lipinski definition) is 0. The first-order valence-electron chi connectivity index (χ1n) is 5.59. The molecule has 3 rings (SSSR count). The molecule has 0 saturated heterocycles. The second-order valence-electron chi connectivity index (χ2n) is 4.06. The Morgan fingerprint density at radius 3 is 2.79 bits per heavy atom. The first-order valence-corrected chi connectivity index (χ1v) is 6.47. The van der Waals surface area contributed by atoms with Gasteiger partial charge in [0.25, 0.3) is 0 Å². The van der Waals surface area contributed by atoms with Crippen LogP contribution in [0.2, 0.25) is 0 Å². The molecule has 1 aromatic heterocycles. The van der Waals surface area contributed by atoms with Crippen LogP contribution in [0.1, 0.15) is 5.37 Å². The lowest BCUT2D eigenvalue weighted by molar-refractivity contribution is -0.0837. The first-order chi connectivity index (χ1) is 9.05. The van der Waals surface area contributed by atoms with Gasteiger partial charge < -0.3 is 4.57 Å². The van der Waals surface area contributed by atoms with Crippen molar-refractivity contribution in [3.63, 3.8) is 0 Å². The van der Waals surface area contributed by atoms with Gasteiger partial charge in [0.05, 0.1) is 22.3 Å². The van der Waals surface area contributed by atoms with Crippen molar-refractivity contribution in [2.75, 3.05) is 0 Å². The largest absolute Gasteiger partial charge is 0.422 e. The van der Waals surface area contributed by atoms with Gasteiger partial charge in [-0.25, -0.2) is 4.98 Å². The second kappa shape index (κ2) is 4.45. The van der Waals surface area contributed by atoms with E-state index in [9.17, 15) is 13.2 Å². The summed E-state index contributed by atoms with van der Waals surface area (Å²) in [4.78, 5) is 3.61. The van der Waals surface area contributed by atoms with Crippen molar-refractivity contribution < 1.29 is 13.2 Å². The number of rotatable bonds is 1. The van der Waals surface area contributed by atoms with Gasteiger partial charge in [-0.15, -0.1) is 0 Å². The monoisotopic (exact) mass is 282 g/mol. The summed E-state index contributed by atoms with van der Waals surface area (Å²) in [7, 11) is 0. The third-order valence-corrected chi connectivity index (χ3v) is 4.05. The molecule has 0 amide bonds. The van der Waals surface area contributed by atoms with Crippen molar-refractivity contribution in [1.82, 2.24) is 9.55 Å². The quantitative estimate of drug-likeness (QED) is 0.776. The maximum Gasteiger partial charge on any atom is 0.422 e. The fraction of sp³-hybridized carbons (Fsp3) is 0.154. The zero-order valence-corrected chi connectivity index (χ0v) is 10.4. The van der Waals surface area contributed by atoms with Crippen molar-refractivity contribution in [3.05, 3.63) is 53.7 Å².